The number of nitrogens with zero attached hydrogens (tertiary/aromatic N) is 3. The summed E-state index contributed by atoms with van der Waals surface area (Å²) in [7, 11) is 1.63. The monoisotopic (exact) mass is 263 g/mol. The van der Waals surface area contributed by atoms with Crippen molar-refractivity contribution in [1.29, 1.82) is 5.26 Å². The minimum Gasteiger partial charge on any atom is -0.422 e. The van der Waals surface area contributed by atoms with Crippen LogP contribution in [-0.4, -0.2) is 42.0 Å². The summed E-state index contributed by atoms with van der Waals surface area (Å²) in [6.07, 6.45) is 3.49. The molecule has 1 atom stereocenters. The highest BCUT2D eigenvalue weighted by Crippen LogP contribution is 2.09. The third kappa shape index (κ3) is 4.44. The van der Waals surface area contributed by atoms with E-state index in [1.54, 1.807) is 13.3 Å². The van der Waals surface area contributed by atoms with E-state index in [9.17, 15) is 0 Å². The maximum absolute atomic E-state index is 9.00. The second-order valence-electron chi connectivity index (χ2n) is 3.78. The topological polar surface area (TPSA) is 120 Å². The lowest BCUT2D eigenvalue weighted by Gasteiger charge is -2.09. The Hall–Kier alpha value is -2.33. The minimum absolute atomic E-state index is 0.180. The van der Waals surface area contributed by atoms with Gasteiger partial charge in [-0.25, -0.2) is 4.99 Å². The van der Waals surface area contributed by atoms with Gasteiger partial charge in [0.05, 0.1) is 18.6 Å². The van der Waals surface area contributed by atoms with E-state index in [0.29, 0.717) is 18.7 Å². The summed E-state index contributed by atoms with van der Waals surface area (Å²) in [6.45, 7) is -0.180. The van der Waals surface area contributed by atoms with E-state index in [0.717, 1.165) is 11.4 Å². The molecule has 0 aliphatic carbocycles. The zero-order chi connectivity index (χ0) is 14.1. The lowest BCUT2D eigenvalue weighted by Crippen LogP contribution is -2.16. The van der Waals surface area contributed by atoms with Gasteiger partial charge in [-0.1, -0.05) is 0 Å². The Bertz CT molecular complexity index is 487. The van der Waals surface area contributed by atoms with E-state index in [2.05, 4.69) is 15.0 Å². The van der Waals surface area contributed by atoms with Gasteiger partial charge < -0.3 is 20.6 Å². The van der Waals surface area contributed by atoms with Gasteiger partial charge in [0.25, 0.3) is 6.26 Å². The molecule has 102 valence electrons. The third-order valence-corrected chi connectivity index (χ3v) is 2.55. The standard InChI is InChI=1S/C12H17N5O2/c1-15-12(16-7-13)11-5-3-9(17-11)2-4-10(6-18)19-8-14/h3,5,7,10,17-18H,2,4,6H2,1H3,(H2,13,15,16). The molecule has 0 spiro atoms. The largest absolute Gasteiger partial charge is 0.422 e. The minimum atomic E-state index is -0.474. The Morgan fingerprint density at radius 3 is 3.05 bits per heavy atom. The molecule has 1 unspecified atom stereocenters. The van der Waals surface area contributed by atoms with Crippen molar-refractivity contribution in [2.24, 2.45) is 15.7 Å². The van der Waals surface area contributed by atoms with Crippen molar-refractivity contribution in [3.8, 4) is 6.26 Å². The number of amidine groups is 1. The predicted molar refractivity (Wildman–Crippen MR) is 71.8 cm³/mol. The molecule has 7 heteroatoms. The molecule has 0 amide bonds. The van der Waals surface area contributed by atoms with E-state index in [1.807, 2.05) is 12.1 Å². The summed E-state index contributed by atoms with van der Waals surface area (Å²) >= 11 is 0. The number of aromatic amines is 1. The quantitative estimate of drug-likeness (QED) is 0.385. The van der Waals surface area contributed by atoms with Crippen molar-refractivity contribution in [3.63, 3.8) is 0 Å². The summed E-state index contributed by atoms with van der Waals surface area (Å²) < 4.78 is 4.70. The van der Waals surface area contributed by atoms with Crippen molar-refractivity contribution >= 4 is 12.2 Å². The number of aliphatic hydroxyl groups excluding tert-OH is 1. The summed E-state index contributed by atoms with van der Waals surface area (Å²) in [4.78, 5) is 11.1. The first kappa shape index (κ1) is 14.7. The molecule has 4 N–H and O–H groups in total. The molecular formula is C12H17N5O2. The number of ether oxygens (including phenoxy) is 1. The Kier molecular flexibility index (Phi) is 6.12. The molecule has 19 heavy (non-hydrogen) atoms. The lowest BCUT2D eigenvalue weighted by molar-refractivity contribution is 0.0822. The van der Waals surface area contributed by atoms with E-state index in [4.69, 9.17) is 20.8 Å². The molecule has 1 aromatic heterocycles. The first-order chi connectivity index (χ1) is 9.24. The summed E-state index contributed by atoms with van der Waals surface area (Å²) in [5, 5.41) is 17.4. The molecule has 0 fully saturated rings. The van der Waals surface area contributed by atoms with Gasteiger partial charge >= 0.3 is 0 Å². The first-order valence-corrected chi connectivity index (χ1v) is 5.80. The number of aromatic nitrogens is 1. The van der Waals surface area contributed by atoms with E-state index < -0.39 is 6.10 Å². The predicted octanol–water partition coefficient (Wildman–Crippen LogP) is 0.169. The Labute approximate surface area is 111 Å². The number of nitrogens with two attached hydrogens (primary N) is 1. The fourth-order valence-corrected chi connectivity index (χ4v) is 1.61. The van der Waals surface area contributed by atoms with Crippen LogP contribution in [0.15, 0.2) is 22.1 Å². The zero-order valence-electron chi connectivity index (χ0n) is 10.7. The van der Waals surface area contributed by atoms with Crippen LogP contribution in [0.3, 0.4) is 0 Å². The number of hydrogen-bond acceptors (Lipinski definition) is 4. The molecule has 0 aromatic carbocycles. The molecule has 1 rings (SSSR count). The smallest absolute Gasteiger partial charge is 0.286 e. The van der Waals surface area contributed by atoms with E-state index in [-0.39, 0.29) is 6.61 Å². The van der Waals surface area contributed by atoms with Crippen molar-refractivity contribution in [1.82, 2.24) is 4.98 Å². The second-order valence-corrected chi connectivity index (χ2v) is 3.78. The maximum Gasteiger partial charge on any atom is 0.286 e. The van der Waals surface area contributed by atoms with Crippen LogP contribution in [0.2, 0.25) is 0 Å². The Morgan fingerprint density at radius 2 is 2.47 bits per heavy atom. The highest BCUT2D eigenvalue weighted by atomic mass is 16.5. The Morgan fingerprint density at radius 1 is 1.68 bits per heavy atom. The van der Waals surface area contributed by atoms with Crippen LogP contribution < -0.4 is 5.73 Å². The van der Waals surface area contributed by atoms with Crippen LogP contribution in [0.5, 0.6) is 0 Å². The Balaban J connectivity index is 2.63. The first-order valence-electron chi connectivity index (χ1n) is 5.80. The molecule has 0 aliphatic rings. The SMILES string of the molecule is CN=C(N=CN)c1ccc(CCC(CO)OC#N)[nH]1. The summed E-state index contributed by atoms with van der Waals surface area (Å²) in [6, 6.07) is 3.75. The highest BCUT2D eigenvalue weighted by Gasteiger charge is 2.10. The highest BCUT2D eigenvalue weighted by molar-refractivity contribution is 6.01. The van der Waals surface area contributed by atoms with Gasteiger partial charge in [-0.05, 0) is 25.0 Å². The van der Waals surface area contributed by atoms with E-state index >= 15 is 0 Å². The van der Waals surface area contributed by atoms with Gasteiger partial charge in [0.2, 0.25) is 0 Å². The van der Waals surface area contributed by atoms with Gasteiger partial charge in [-0.15, -0.1) is 0 Å². The molecular weight excluding hydrogens is 246 g/mol. The average Bonchev–Trinajstić information content (AvgIpc) is 2.89. The van der Waals surface area contributed by atoms with Crippen LogP contribution in [0.25, 0.3) is 0 Å². The van der Waals surface area contributed by atoms with Crippen molar-refractivity contribution in [3.05, 3.63) is 23.5 Å². The number of aryl methyl sites for hydroxylation is 1. The zero-order valence-corrected chi connectivity index (χ0v) is 10.7. The second kappa shape index (κ2) is 7.89. The number of nitriles is 1. The molecule has 0 radical (unpaired) electrons. The number of aliphatic hydroxyl groups is 1. The van der Waals surface area contributed by atoms with Crippen LogP contribution in [-0.2, 0) is 11.2 Å². The lowest BCUT2D eigenvalue weighted by atomic mass is 10.1. The summed E-state index contributed by atoms with van der Waals surface area (Å²) in [5.74, 6) is 0.515. The average molecular weight is 263 g/mol. The van der Waals surface area contributed by atoms with Crippen LogP contribution in [0.4, 0.5) is 0 Å². The van der Waals surface area contributed by atoms with Gasteiger partial charge in [0.1, 0.15) is 6.10 Å². The molecule has 1 heterocycles. The fourth-order valence-electron chi connectivity index (χ4n) is 1.61. The van der Waals surface area contributed by atoms with Crippen molar-refractivity contribution in [2.75, 3.05) is 13.7 Å². The number of nitrogens with one attached hydrogen (secondary N) is 1. The summed E-state index contributed by atoms with van der Waals surface area (Å²) in [5.41, 5.74) is 6.95. The molecule has 0 saturated heterocycles. The van der Waals surface area contributed by atoms with Crippen LogP contribution in [0.1, 0.15) is 17.8 Å². The molecule has 0 aliphatic heterocycles. The number of hydrogen-bond donors (Lipinski definition) is 3. The molecule has 0 saturated carbocycles. The molecule has 7 nitrogen and oxygen atoms in total. The van der Waals surface area contributed by atoms with Gasteiger partial charge in [-0.3, -0.25) is 4.99 Å². The number of aliphatic imine (C=N–C) groups is 2. The van der Waals surface area contributed by atoms with Gasteiger partial charge in [0, 0.05) is 12.7 Å². The third-order valence-electron chi connectivity index (χ3n) is 2.55. The number of rotatable bonds is 6. The fraction of sp³-hybridized carbons (Fsp3) is 0.417. The van der Waals surface area contributed by atoms with Gasteiger partial charge in [0.15, 0.2) is 5.84 Å². The number of H-pyrrole nitrogens is 1. The molecule has 1 aromatic rings. The van der Waals surface area contributed by atoms with Crippen molar-refractivity contribution < 1.29 is 9.84 Å². The van der Waals surface area contributed by atoms with Crippen LogP contribution >= 0.6 is 0 Å². The van der Waals surface area contributed by atoms with E-state index in [1.165, 1.54) is 6.34 Å². The maximum atomic E-state index is 9.00. The van der Waals surface area contributed by atoms with Gasteiger partial charge in [-0.2, -0.15) is 5.26 Å². The molecule has 0 bridgehead atoms. The van der Waals surface area contributed by atoms with Crippen LogP contribution in [0, 0.1) is 11.5 Å². The van der Waals surface area contributed by atoms with Crippen molar-refractivity contribution in [2.45, 2.75) is 18.9 Å². The normalized spacial score (nSPS) is 13.4.